The van der Waals surface area contributed by atoms with E-state index in [-0.39, 0.29) is 0 Å². The van der Waals surface area contributed by atoms with Crippen LogP contribution in [0.4, 0.5) is 0 Å². The van der Waals surface area contributed by atoms with Gasteiger partial charge in [-0.25, -0.2) is 0 Å². The Kier molecular flexibility index (Phi) is 3.47. The van der Waals surface area contributed by atoms with Crippen molar-refractivity contribution in [3.05, 3.63) is 0 Å². The van der Waals surface area contributed by atoms with Gasteiger partial charge in [0, 0.05) is 13.1 Å². The fourth-order valence-corrected chi connectivity index (χ4v) is 1.90. The van der Waals surface area contributed by atoms with Crippen molar-refractivity contribution in [2.24, 2.45) is 17.6 Å². The molecule has 1 aliphatic rings. The molecule has 2 N–H and O–H groups in total. The maximum atomic E-state index is 5.49. The molecule has 2 unspecified atom stereocenters. The number of nitrogens with zero attached hydrogens (tertiary/aromatic N) is 1. The second-order valence-corrected chi connectivity index (χ2v) is 4.47. The largest absolute Gasteiger partial charge is 0.392 e. The zero-order valence-corrected chi connectivity index (χ0v) is 8.73. The number of piperidine rings is 1. The van der Waals surface area contributed by atoms with Crippen LogP contribution in [0.15, 0.2) is 0 Å². The van der Waals surface area contributed by atoms with Crippen LogP contribution in [0.25, 0.3) is 0 Å². The van der Waals surface area contributed by atoms with Crippen molar-refractivity contribution in [3.8, 4) is 0 Å². The van der Waals surface area contributed by atoms with Gasteiger partial charge in [0.25, 0.3) is 0 Å². The summed E-state index contributed by atoms with van der Waals surface area (Å²) in [5.74, 6) is 1.64. The predicted octanol–water partition coefficient (Wildman–Crippen LogP) is 1.25. The Morgan fingerprint density at radius 3 is 2.67 bits per heavy atom. The zero-order valence-electron chi connectivity index (χ0n) is 7.92. The summed E-state index contributed by atoms with van der Waals surface area (Å²) in [4.78, 5) is 2.98. The van der Waals surface area contributed by atoms with E-state index in [1.807, 2.05) is 0 Å². The van der Waals surface area contributed by atoms with Crippen molar-refractivity contribution < 1.29 is 0 Å². The van der Waals surface area contributed by atoms with Crippen molar-refractivity contribution in [1.29, 1.82) is 0 Å². The lowest BCUT2D eigenvalue weighted by Gasteiger charge is -2.34. The number of likely N-dealkylation sites (tertiary alicyclic amines) is 1. The molecule has 2 atom stereocenters. The lowest BCUT2D eigenvalue weighted by molar-refractivity contribution is 0.155. The van der Waals surface area contributed by atoms with Crippen LogP contribution >= 0.6 is 12.2 Å². The van der Waals surface area contributed by atoms with Gasteiger partial charge < -0.3 is 5.73 Å². The third-order valence-corrected chi connectivity index (χ3v) is 2.93. The van der Waals surface area contributed by atoms with Gasteiger partial charge >= 0.3 is 0 Å². The zero-order chi connectivity index (χ0) is 9.14. The second-order valence-electron chi connectivity index (χ2n) is 3.94. The van der Waals surface area contributed by atoms with E-state index in [1.165, 1.54) is 6.42 Å². The lowest BCUT2D eigenvalue weighted by Crippen LogP contribution is -2.42. The topological polar surface area (TPSA) is 29.3 Å². The van der Waals surface area contributed by atoms with Crippen molar-refractivity contribution >= 4 is 17.2 Å². The number of rotatable bonds is 2. The minimum absolute atomic E-state index is 0.622. The van der Waals surface area contributed by atoms with Gasteiger partial charge in [0.1, 0.15) is 0 Å². The van der Waals surface area contributed by atoms with Gasteiger partial charge in [-0.2, -0.15) is 0 Å². The SMILES string of the molecule is CC1CCN(CC(N)=S)CC1C. The highest BCUT2D eigenvalue weighted by atomic mass is 32.1. The summed E-state index contributed by atoms with van der Waals surface area (Å²) in [5.41, 5.74) is 5.49. The van der Waals surface area contributed by atoms with E-state index in [2.05, 4.69) is 18.7 Å². The molecule has 1 aliphatic heterocycles. The third-order valence-electron chi connectivity index (χ3n) is 2.80. The van der Waals surface area contributed by atoms with Crippen molar-refractivity contribution in [1.82, 2.24) is 4.90 Å². The molecule has 70 valence electrons. The summed E-state index contributed by atoms with van der Waals surface area (Å²) in [6, 6.07) is 0. The molecule has 2 nitrogen and oxygen atoms in total. The number of hydrogen-bond donors (Lipinski definition) is 1. The first-order chi connectivity index (χ1) is 5.59. The molecule has 12 heavy (non-hydrogen) atoms. The highest BCUT2D eigenvalue weighted by Gasteiger charge is 2.22. The summed E-state index contributed by atoms with van der Waals surface area (Å²) in [5, 5.41) is 0. The van der Waals surface area contributed by atoms with E-state index in [9.17, 15) is 0 Å². The molecular weight excluding hydrogens is 168 g/mol. The Labute approximate surface area is 80.1 Å². The first-order valence-corrected chi connectivity index (χ1v) is 5.01. The molecule has 0 aromatic carbocycles. The Bertz CT molecular complexity index is 170. The summed E-state index contributed by atoms with van der Waals surface area (Å²) >= 11 is 4.88. The molecule has 0 aromatic rings. The average molecular weight is 186 g/mol. The monoisotopic (exact) mass is 186 g/mol. The highest BCUT2D eigenvalue weighted by molar-refractivity contribution is 7.80. The Morgan fingerprint density at radius 1 is 1.50 bits per heavy atom. The van der Waals surface area contributed by atoms with Crippen molar-refractivity contribution in [3.63, 3.8) is 0 Å². The van der Waals surface area contributed by atoms with Crippen molar-refractivity contribution in [2.45, 2.75) is 20.3 Å². The van der Waals surface area contributed by atoms with E-state index in [1.54, 1.807) is 0 Å². The van der Waals surface area contributed by atoms with Gasteiger partial charge in [-0.1, -0.05) is 26.1 Å². The molecule has 0 aromatic heterocycles. The Balaban J connectivity index is 2.35. The van der Waals surface area contributed by atoms with Gasteiger partial charge in [0.2, 0.25) is 0 Å². The molecule has 3 heteroatoms. The highest BCUT2D eigenvalue weighted by Crippen LogP contribution is 2.21. The van der Waals surface area contributed by atoms with E-state index in [0.717, 1.165) is 31.5 Å². The minimum atomic E-state index is 0.622. The molecule has 0 spiro atoms. The second kappa shape index (κ2) is 4.19. The first-order valence-electron chi connectivity index (χ1n) is 4.60. The number of hydrogen-bond acceptors (Lipinski definition) is 2. The fraction of sp³-hybridized carbons (Fsp3) is 0.889. The maximum absolute atomic E-state index is 5.49. The van der Waals surface area contributed by atoms with Gasteiger partial charge in [-0.15, -0.1) is 0 Å². The molecule has 1 heterocycles. The maximum Gasteiger partial charge on any atom is 0.0870 e. The average Bonchev–Trinajstić information content (AvgIpc) is 1.96. The van der Waals surface area contributed by atoms with Crippen LogP contribution in [0, 0.1) is 11.8 Å². The molecule has 1 fully saturated rings. The quantitative estimate of drug-likeness (QED) is 0.658. The van der Waals surface area contributed by atoms with Gasteiger partial charge in [-0.3, -0.25) is 4.90 Å². The smallest absolute Gasteiger partial charge is 0.0870 e. The van der Waals surface area contributed by atoms with Crippen LogP contribution in [-0.2, 0) is 0 Å². The van der Waals surface area contributed by atoms with Gasteiger partial charge in [-0.05, 0) is 24.8 Å². The summed E-state index contributed by atoms with van der Waals surface area (Å²) in [7, 11) is 0. The minimum Gasteiger partial charge on any atom is -0.392 e. The van der Waals surface area contributed by atoms with Crippen LogP contribution in [0.5, 0.6) is 0 Å². The Morgan fingerprint density at radius 2 is 2.17 bits per heavy atom. The molecule has 1 saturated heterocycles. The molecule has 0 amide bonds. The van der Waals surface area contributed by atoms with Crippen LogP contribution < -0.4 is 5.73 Å². The normalized spacial score (nSPS) is 31.8. The van der Waals surface area contributed by atoms with E-state index in [4.69, 9.17) is 18.0 Å². The van der Waals surface area contributed by atoms with Gasteiger partial charge in [0.05, 0.1) is 4.99 Å². The summed E-state index contributed by atoms with van der Waals surface area (Å²) < 4.78 is 0. The van der Waals surface area contributed by atoms with Crippen LogP contribution in [-0.4, -0.2) is 29.5 Å². The molecular formula is C9H18N2S. The number of nitrogens with two attached hydrogens (primary N) is 1. The Hall–Kier alpha value is -0.150. The van der Waals surface area contributed by atoms with Crippen LogP contribution in [0.3, 0.4) is 0 Å². The summed E-state index contributed by atoms with van der Waals surface area (Å²) in [6.07, 6.45) is 1.28. The molecule has 1 rings (SSSR count). The first kappa shape index (κ1) is 9.93. The summed E-state index contributed by atoms with van der Waals surface area (Å²) in [6.45, 7) is 7.73. The number of thiocarbonyl (C=S) groups is 1. The third kappa shape index (κ3) is 2.72. The van der Waals surface area contributed by atoms with Crippen molar-refractivity contribution in [2.75, 3.05) is 19.6 Å². The molecule has 0 saturated carbocycles. The molecule has 0 aliphatic carbocycles. The van der Waals surface area contributed by atoms with E-state index < -0.39 is 0 Å². The standard InChI is InChI=1S/C9H18N2S/c1-7-3-4-11(5-8(7)2)6-9(10)12/h7-8H,3-6H2,1-2H3,(H2,10,12). The van der Waals surface area contributed by atoms with Crippen LogP contribution in [0.1, 0.15) is 20.3 Å². The predicted molar refractivity (Wildman–Crippen MR) is 56.2 cm³/mol. The van der Waals surface area contributed by atoms with E-state index >= 15 is 0 Å². The molecule has 0 bridgehead atoms. The lowest BCUT2D eigenvalue weighted by atomic mass is 9.89. The van der Waals surface area contributed by atoms with Crippen LogP contribution in [0.2, 0.25) is 0 Å². The van der Waals surface area contributed by atoms with Gasteiger partial charge in [0.15, 0.2) is 0 Å². The fourth-order valence-electron chi connectivity index (χ4n) is 1.71. The molecule has 0 radical (unpaired) electrons. The van der Waals surface area contributed by atoms with E-state index in [0.29, 0.717) is 4.99 Å².